The summed E-state index contributed by atoms with van der Waals surface area (Å²) in [6, 6.07) is 10.8. The Morgan fingerprint density at radius 3 is 2.38 bits per heavy atom. The van der Waals surface area contributed by atoms with Crippen molar-refractivity contribution in [3.63, 3.8) is 0 Å². The van der Waals surface area contributed by atoms with Gasteiger partial charge in [-0.3, -0.25) is 4.79 Å². The molecule has 0 saturated heterocycles. The van der Waals surface area contributed by atoms with Gasteiger partial charge in [-0.1, -0.05) is 24.6 Å². The number of hydrogen-bond acceptors (Lipinski definition) is 3. The summed E-state index contributed by atoms with van der Waals surface area (Å²) in [4.78, 5) is 11.3. The van der Waals surface area contributed by atoms with Gasteiger partial charge in [0.15, 0.2) is 17.3 Å². The standard InChI is InChI=1S/C17H17ClO3/c1-4-12-5-7-16(17(9-12)20-3)21-15-8-6-13(11(2)19)10-14(15)18/h5-10H,4H2,1-3H3. The number of carbonyl (C=O) groups excluding carboxylic acids is 1. The summed E-state index contributed by atoms with van der Waals surface area (Å²) in [5, 5.41) is 0.393. The molecule has 0 atom stereocenters. The Hall–Kier alpha value is -2.00. The summed E-state index contributed by atoms with van der Waals surface area (Å²) in [5.74, 6) is 1.70. The summed E-state index contributed by atoms with van der Waals surface area (Å²) in [6.07, 6.45) is 0.921. The molecule has 0 heterocycles. The molecular weight excluding hydrogens is 288 g/mol. The highest BCUT2D eigenvalue weighted by Crippen LogP contribution is 2.36. The molecule has 0 amide bonds. The summed E-state index contributed by atoms with van der Waals surface area (Å²) >= 11 is 6.16. The van der Waals surface area contributed by atoms with Gasteiger partial charge in [-0.15, -0.1) is 0 Å². The molecule has 2 rings (SSSR count). The number of carbonyl (C=O) groups is 1. The molecule has 0 fully saturated rings. The Labute approximate surface area is 129 Å². The van der Waals surface area contributed by atoms with E-state index in [1.165, 1.54) is 6.92 Å². The van der Waals surface area contributed by atoms with Crippen LogP contribution in [-0.4, -0.2) is 12.9 Å². The van der Waals surface area contributed by atoms with Gasteiger partial charge in [-0.05, 0) is 49.2 Å². The van der Waals surface area contributed by atoms with Crippen LogP contribution < -0.4 is 9.47 Å². The largest absolute Gasteiger partial charge is 0.493 e. The normalized spacial score (nSPS) is 10.3. The van der Waals surface area contributed by atoms with Crippen LogP contribution in [0, 0.1) is 0 Å². The molecule has 0 bridgehead atoms. The smallest absolute Gasteiger partial charge is 0.169 e. The number of halogens is 1. The minimum atomic E-state index is -0.0340. The lowest BCUT2D eigenvalue weighted by Crippen LogP contribution is -1.95. The van der Waals surface area contributed by atoms with E-state index >= 15 is 0 Å². The van der Waals surface area contributed by atoms with Crippen molar-refractivity contribution in [1.29, 1.82) is 0 Å². The van der Waals surface area contributed by atoms with Gasteiger partial charge in [0.1, 0.15) is 5.75 Å². The maximum Gasteiger partial charge on any atom is 0.169 e. The van der Waals surface area contributed by atoms with Gasteiger partial charge < -0.3 is 9.47 Å². The fourth-order valence-corrected chi connectivity index (χ4v) is 2.16. The molecule has 0 saturated carbocycles. The molecule has 0 radical (unpaired) electrons. The highest BCUT2D eigenvalue weighted by atomic mass is 35.5. The van der Waals surface area contributed by atoms with Gasteiger partial charge in [0, 0.05) is 5.56 Å². The van der Waals surface area contributed by atoms with Gasteiger partial charge in [0.05, 0.1) is 12.1 Å². The lowest BCUT2D eigenvalue weighted by atomic mass is 10.1. The van der Waals surface area contributed by atoms with Gasteiger partial charge in [0.2, 0.25) is 0 Å². The molecule has 0 spiro atoms. The van der Waals surface area contributed by atoms with E-state index in [4.69, 9.17) is 21.1 Å². The van der Waals surface area contributed by atoms with Crippen molar-refractivity contribution in [3.8, 4) is 17.2 Å². The van der Waals surface area contributed by atoms with E-state index in [1.54, 1.807) is 25.3 Å². The van der Waals surface area contributed by atoms with Crippen LogP contribution in [0.25, 0.3) is 0 Å². The lowest BCUT2D eigenvalue weighted by molar-refractivity contribution is 0.101. The van der Waals surface area contributed by atoms with Gasteiger partial charge in [-0.25, -0.2) is 0 Å². The predicted molar refractivity (Wildman–Crippen MR) is 83.9 cm³/mol. The molecule has 0 unspecified atom stereocenters. The fourth-order valence-electron chi connectivity index (χ4n) is 1.94. The van der Waals surface area contributed by atoms with Gasteiger partial charge in [0.25, 0.3) is 0 Å². The molecule has 110 valence electrons. The van der Waals surface area contributed by atoms with Crippen molar-refractivity contribution in [1.82, 2.24) is 0 Å². The van der Waals surface area contributed by atoms with Crippen LogP contribution in [0.4, 0.5) is 0 Å². The van der Waals surface area contributed by atoms with E-state index < -0.39 is 0 Å². The molecule has 4 heteroatoms. The van der Waals surface area contributed by atoms with Crippen molar-refractivity contribution in [2.24, 2.45) is 0 Å². The minimum Gasteiger partial charge on any atom is -0.493 e. The average molecular weight is 305 g/mol. The van der Waals surface area contributed by atoms with E-state index in [0.717, 1.165) is 12.0 Å². The lowest BCUT2D eigenvalue weighted by Gasteiger charge is -2.13. The molecule has 0 N–H and O–H groups in total. The van der Waals surface area contributed by atoms with E-state index in [-0.39, 0.29) is 5.78 Å². The van der Waals surface area contributed by atoms with Crippen LogP contribution >= 0.6 is 11.6 Å². The second-order valence-electron chi connectivity index (χ2n) is 4.64. The molecule has 0 aliphatic rings. The predicted octanol–water partition coefficient (Wildman–Crippen LogP) is 4.91. The zero-order valence-electron chi connectivity index (χ0n) is 12.3. The quantitative estimate of drug-likeness (QED) is 0.737. The topological polar surface area (TPSA) is 35.5 Å². The van der Waals surface area contributed by atoms with Crippen LogP contribution in [0.1, 0.15) is 29.8 Å². The van der Waals surface area contributed by atoms with E-state index in [1.807, 2.05) is 18.2 Å². The van der Waals surface area contributed by atoms with Crippen LogP contribution in [0.3, 0.4) is 0 Å². The molecule has 0 aromatic heterocycles. The first-order chi connectivity index (χ1) is 10.0. The Morgan fingerprint density at radius 2 is 1.81 bits per heavy atom. The fraction of sp³-hybridized carbons (Fsp3) is 0.235. The van der Waals surface area contributed by atoms with Crippen LogP contribution in [-0.2, 0) is 6.42 Å². The maximum atomic E-state index is 11.3. The average Bonchev–Trinajstić information content (AvgIpc) is 2.49. The number of hydrogen-bond donors (Lipinski definition) is 0. The first kappa shape index (κ1) is 15.4. The summed E-state index contributed by atoms with van der Waals surface area (Å²) in [7, 11) is 1.60. The molecule has 3 nitrogen and oxygen atoms in total. The van der Waals surface area contributed by atoms with E-state index in [9.17, 15) is 4.79 Å². The Bertz CT molecular complexity index is 665. The molecule has 2 aromatic rings. The molecule has 0 aliphatic carbocycles. The Kier molecular flexibility index (Phi) is 4.86. The summed E-state index contributed by atoms with van der Waals surface area (Å²) < 4.78 is 11.1. The first-order valence-corrected chi connectivity index (χ1v) is 7.08. The van der Waals surface area contributed by atoms with Crippen LogP contribution in [0.2, 0.25) is 5.02 Å². The monoisotopic (exact) mass is 304 g/mol. The zero-order chi connectivity index (χ0) is 15.4. The Morgan fingerprint density at radius 1 is 1.10 bits per heavy atom. The number of aryl methyl sites for hydroxylation is 1. The van der Waals surface area contributed by atoms with E-state index in [2.05, 4.69) is 6.92 Å². The molecule has 21 heavy (non-hydrogen) atoms. The molecule has 2 aromatic carbocycles. The second-order valence-corrected chi connectivity index (χ2v) is 5.05. The van der Waals surface area contributed by atoms with Crippen molar-refractivity contribution >= 4 is 17.4 Å². The number of Topliss-reactive ketones (excluding diaryl/α,β-unsaturated/α-hetero) is 1. The zero-order valence-corrected chi connectivity index (χ0v) is 13.0. The molecular formula is C17H17ClO3. The van der Waals surface area contributed by atoms with Crippen molar-refractivity contribution in [3.05, 3.63) is 52.5 Å². The number of benzene rings is 2. The van der Waals surface area contributed by atoms with E-state index in [0.29, 0.717) is 27.8 Å². The van der Waals surface area contributed by atoms with Crippen molar-refractivity contribution < 1.29 is 14.3 Å². The van der Waals surface area contributed by atoms with Crippen molar-refractivity contribution in [2.45, 2.75) is 20.3 Å². The number of rotatable bonds is 5. The van der Waals surface area contributed by atoms with Crippen LogP contribution in [0.5, 0.6) is 17.2 Å². The summed E-state index contributed by atoms with van der Waals surface area (Å²) in [5.41, 5.74) is 1.72. The highest BCUT2D eigenvalue weighted by molar-refractivity contribution is 6.32. The van der Waals surface area contributed by atoms with Gasteiger partial charge in [-0.2, -0.15) is 0 Å². The van der Waals surface area contributed by atoms with Crippen LogP contribution in [0.15, 0.2) is 36.4 Å². The number of ether oxygens (including phenoxy) is 2. The number of ketones is 1. The third-order valence-corrected chi connectivity index (χ3v) is 3.49. The first-order valence-electron chi connectivity index (χ1n) is 6.70. The Balaban J connectivity index is 2.32. The summed E-state index contributed by atoms with van der Waals surface area (Å²) in [6.45, 7) is 3.57. The van der Waals surface area contributed by atoms with Gasteiger partial charge >= 0.3 is 0 Å². The third kappa shape index (κ3) is 3.56. The maximum absolute atomic E-state index is 11.3. The van der Waals surface area contributed by atoms with Crippen molar-refractivity contribution in [2.75, 3.05) is 7.11 Å². The third-order valence-electron chi connectivity index (χ3n) is 3.19. The second kappa shape index (κ2) is 6.64. The SMILES string of the molecule is CCc1ccc(Oc2ccc(C(C)=O)cc2Cl)c(OC)c1. The number of methoxy groups -OCH3 is 1. The molecule has 0 aliphatic heterocycles. The minimum absolute atomic E-state index is 0.0340. The highest BCUT2D eigenvalue weighted by Gasteiger charge is 2.10.